The van der Waals surface area contributed by atoms with E-state index in [9.17, 15) is 14.4 Å². The van der Waals surface area contributed by atoms with Crippen molar-refractivity contribution in [3.8, 4) is 0 Å². The zero-order valence-corrected chi connectivity index (χ0v) is 8.58. The van der Waals surface area contributed by atoms with E-state index in [0.29, 0.717) is 0 Å². The third-order valence-corrected chi connectivity index (χ3v) is 1.79. The number of carbonyl (C=O) groups excluding carboxylic acids is 1. The molecule has 0 unspecified atom stereocenters. The predicted octanol–water partition coefficient (Wildman–Crippen LogP) is -2.26. The third kappa shape index (κ3) is 4.71. The topological polar surface area (TPSA) is 150 Å². The van der Waals surface area contributed by atoms with Crippen molar-refractivity contribution in [1.82, 2.24) is 5.32 Å². The number of aliphatic hydroxyl groups excluding tert-OH is 1. The normalized spacial score (nSPS) is 15.9. The van der Waals surface area contributed by atoms with Gasteiger partial charge in [-0.1, -0.05) is 0 Å². The van der Waals surface area contributed by atoms with Gasteiger partial charge in [-0.2, -0.15) is 0 Å². The summed E-state index contributed by atoms with van der Waals surface area (Å²) in [5.41, 5.74) is 5.08. The third-order valence-electron chi connectivity index (χ3n) is 1.79. The predicted molar refractivity (Wildman–Crippen MR) is 51.5 cm³/mol. The number of carboxylic acid groups (broad SMARTS) is 2. The first kappa shape index (κ1) is 14.3. The van der Waals surface area contributed by atoms with Gasteiger partial charge >= 0.3 is 11.9 Å². The maximum absolute atomic E-state index is 11.1. The molecule has 0 aromatic rings. The molecule has 0 aromatic carbocycles. The van der Waals surface area contributed by atoms with Gasteiger partial charge in [0.2, 0.25) is 5.91 Å². The average molecular weight is 234 g/mol. The summed E-state index contributed by atoms with van der Waals surface area (Å²) < 4.78 is 0. The number of aliphatic carboxylic acids is 2. The largest absolute Gasteiger partial charge is 0.480 e. The van der Waals surface area contributed by atoms with E-state index in [0.717, 1.165) is 0 Å². The fraction of sp³-hybridized carbons (Fsp3) is 0.625. The summed E-state index contributed by atoms with van der Waals surface area (Å²) in [6.45, 7) is 1.19. The SMILES string of the molecule is C[C@@H](O)[C@H](NC(=O)C[C@H](N)C(=O)O)C(=O)O. The lowest BCUT2D eigenvalue weighted by Gasteiger charge is -2.17. The van der Waals surface area contributed by atoms with Gasteiger partial charge in [0.1, 0.15) is 6.04 Å². The molecule has 0 saturated heterocycles. The molecule has 92 valence electrons. The van der Waals surface area contributed by atoms with Crippen molar-refractivity contribution >= 4 is 17.8 Å². The number of aliphatic hydroxyl groups is 1. The molecule has 3 atom stereocenters. The average Bonchev–Trinajstić information content (AvgIpc) is 2.12. The van der Waals surface area contributed by atoms with E-state index in [-0.39, 0.29) is 0 Å². The summed E-state index contributed by atoms with van der Waals surface area (Å²) in [5, 5.41) is 28.0. The number of hydrogen-bond donors (Lipinski definition) is 5. The number of carboxylic acids is 2. The van der Waals surface area contributed by atoms with E-state index >= 15 is 0 Å². The summed E-state index contributed by atoms with van der Waals surface area (Å²) in [5.74, 6) is -3.62. The van der Waals surface area contributed by atoms with E-state index in [1.165, 1.54) is 6.92 Å². The van der Waals surface area contributed by atoms with E-state index in [4.69, 9.17) is 21.1 Å². The lowest BCUT2D eigenvalue weighted by molar-refractivity contribution is -0.145. The van der Waals surface area contributed by atoms with Crippen LogP contribution >= 0.6 is 0 Å². The van der Waals surface area contributed by atoms with Crippen LogP contribution in [0.3, 0.4) is 0 Å². The molecule has 0 aliphatic carbocycles. The number of hydrogen-bond acceptors (Lipinski definition) is 5. The highest BCUT2D eigenvalue weighted by molar-refractivity contribution is 5.87. The van der Waals surface area contributed by atoms with Crippen molar-refractivity contribution in [2.24, 2.45) is 5.73 Å². The molecule has 0 bridgehead atoms. The van der Waals surface area contributed by atoms with Gasteiger partial charge in [-0.15, -0.1) is 0 Å². The summed E-state index contributed by atoms with van der Waals surface area (Å²) in [6.07, 6.45) is -1.84. The van der Waals surface area contributed by atoms with Crippen LogP contribution in [0.25, 0.3) is 0 Å². The Labute approximate surface area is 91.1 Å². The van der Waals surface area contributed by atoms with Crippen LogP contribution in [0.2, 0.25) is 0 Å². The van der Waals surface area contributed by atoms with Crippen LogP contribution in [-0.4, -0.2) is 51.4 Å². The van der Waals surface area contributed by atoms with Crippen LogP contribution < -0.4 is 11.1 Å². The molecule has 0 spiro atoms. The molecule has 0 rings (SSSR count). The fourth-order valence-electron chi connectivity index (χ4n) is 0.908. The molecule has 1 amide bonds. The van der Waals surface area contributed by atoms with Gasteiger partial charge in [0.15, 0.2) is 6.04 Å². The van der Waals surface area contributed by atoms with Crippen molar-refractivity contribution in [2.45, 2.75) is 31.5 Å². The Balaban J connectivity index is 4.31. The Morgan fingerprint density at radius 1 is 1.25 bits per heavy atom. The summed E-state index contributed by atoms with van der Waals surface area (Å²) >= 11 is 0. The second-order valence-electron chi connectivity index (χ2n) is 3.27. The highest BCUT2D eigenvalue weighted by Crippen LogP contribution is 1.96. The highest BCUT2D eigenvalue weighted by Gasteiger charge is 2.26. The van der Waals surface area contributed by atoms with E-state index < -0.39 is 42.5 Å². The van der Waals surface area contributed by atoms with Crippen LogP contribution in [0.1, 0.15) is 13.3 Å². The lowest BCUT2D eigenvalue weighted by Crippen LogP contribution is -2.49. The monoisotopic (exact) mass is 234 g/mol. The van der Waals surface area contributed by atoms with Crippen molar-refractivity contribution in [3.63, 3.8) is 0 Å². The molecule has 8 nitrogen and oxygen atoms in total. The molecular formula is C8H14N2O6. The zero-order valence-electron chi connectivity index (χ0n) is 8.58. The van der Waals surface area contributed by atoms with Crippen molar-refractivity contribution < 1.29 is 29.7 Å². The molecular weight excluding hydrogens is 220 g/mol. The molecule has 0 fully saturated rings. The number of nitrogens with one attached hydrogen (secondary N) is 1. The van der Waals surface area contributed by atoms with E-state index in [2.05, 4.69) is 0 Å². The Morgan fingerprint density at radius 2 is 1.75 bits per heavy atom. The number of rotatable bonds is 6. The zero-order chi connectivity index (χ0) is 12.9. The smallest absolute Gasteiger partial charge is 0.328 e. The van der Waals surface area contributed by atoms with Crippen LogP contribution in [0, 0.1) is 0 Å². The minimum absolute atomic E-state index is 0.550. The van der Waals surface area contributed by atoms with Gasteiger partial charge in [-0.3, -0.25) is 9.59 Å². The van der Waals surface area contributed by atoms with Crippen LogP contribution in [0.15, 0.2) is 0 Å². The van der Waals surface area contributed by atoms with Gasteiger partial charge in [0.05, 0.1) is 12.5 Å². The van der Waals surface area contributed by atoms with Gasteiger partial charge < -0.3 is 26.4 Å². The quantitative estimate of drug-likeness (QED) is 0.348. The Morgan fingerprint density at radius 3 is 2.06 bits per heavy atom. The molecule has 0 aliphatic heterocycles. The molecule has 16 heavy (non-hydrogen) atoms. The fourth-order valence-corrected chi connectivity index (χ4v) is 0.908. The first-order valence-electron chi connectivity index (χ1n) is 4.44. The second kappa shape index (κ2) is 6.03. The molecule has 8 heteroatoms. The molecule has 0 aromatic heterocycles. The number of nitrogens with two attached hydrogens (primary N) is 1. The second-order valence-corrected chi connectivity index (χ2v) is 3.27. The first-order chi connectivity index (χ1) is 7.25. The summed E-state index contributed by atoms with van der Waals surface area (Å²) in [6, 6.07) is -2.88. The molecule has 6 N–H and O–H groups in total. The lowest BCUT2D eigenvalue weighted by atomic mass is 10.1. The van der Waals surface area contributed by atoms with Gasteiger partial charge in [-0.05, 0) is 6.92 Å². The highest BCUT2D eigenvalue weighted by atomic mass is 16.4. The minimum Gasteiger partial charge on any atom is -0.480 e. The van der Waals surface area contributed by atoms with Gasteiger partial charge in [0, 0.05) is 0 Å². The van der Waals surface area contributed by atoms with Crippen LogP contribution in [-0.2, 0) is 14.4 Å². The van der Waals surface area contributed by atoms with Crippen molar-refractivity contribution in [3.05, 3.63) is 0 Å². The summed E-state index contributed by atoms with van der Waals surface area (Å²) in [7, 11) is 0. The molecule has 0 radical (unpaired) electrons. The Kier molecular flexibility index (Phi) is 5.40. The Hall–Kier alpha value is -1.67. The number of amides is 1. The maximum Gasteiger partial charge on any atom is 0.328 e. The van der Waals surface area contributed by atoms with Crippen molar-refractivity contribution in [1.29, 1.82) is 0 Å². The van der Waals surface area contributed by atoms with E-state index in [1.54, 1.807) is 0 Å². The maximum atomic E-state index is 11.1. The minimum atomic E-state index is -1.48. The first-order valence-corrected chi connectivity index (χ1v) is 4.44. The molecule has 0 heterocycles. The standard InChI is InChI=1S/C8H14N2O6/c1-3(11)6(8(15)16)10-5(12)2-4(9)7(13)14/h3-4,6,11H,2,9H2,1H3,(H,10,12)(H,13,14)(H,15,16)/t3-,4+,6+/m1/s1. The Bertz CT molecular complexity index is 290. The summed E-state index contributed by atoms with van der Waals surface area (Å²) in [4.78, 5) is 32.0. The van der Waals surface area contributed by atoms with Gasteiger partial charge in [0.25, 0.3) is 0 Å². The molecule has 0 aliphatic rings. The van der Waals surface area contributed by atoms with Gasteiger partial charge in [-0.25, -0.2) is 4.79 Å². The van der Waals surface area contributed by atoms with Crippen LogP contribution in [0.4, 0.5) is 0 Å². The van der Waals surface area contributed by atoms with E-state index in [1.807, 2.05) is 5.32 Å². The van der Waals surface area contributed by atoms with Crippen molar-refractivity contribution in [2.75, 3.05) is 0 Å². The molecule has 0 saturated carbocycles. The number of carbonyl (C=O) groups is 3. The van der Waals surface area contributed by atoms with Crippen LogP contribution in [0.5, 0.6) is 0 Å².